The van der Waals surface area contributed by atoms with Gasteiger partial charge < -0.3 is 16.0 Å². The lowest BCUT2D eigenvalue weighted by Gasteiger charge is -2.13. The van der Waals surface area contributed by atoms with Crippen LogP contribution in [0.2, 0.25) is 0 Å². The van der Waals surface area contributed by atoms with Crippen molar-refractivity contribution in [1.82, 2.24) is 15.2 Å². The fourth-order valence-corrected chi connectivity index (χ4v) is 2.52. The van der Waals surface area contributed by atoms with Gasteiger partial charge in [-0.15, -0.1) is 0 Å². The molecule has 2 heterocycles. The molecule has 1 unspecified atom stereocenters. The zero-order chi connectivity index (χ0) is 15.1. The normalized spacial score (nSPS) is 18.1. The first-order valence-electron chi connectivity index (χ1n) is 7.39. The fraction of sp³-hybridized carbons (Fsp3) is 0.500. The van der Waals surface area contributed by atoms with Gasteiger partial charge in [-0.2, -0.15) is 0 Å². The molecule has 0 bridgehead atoms. The molecule has 3 N–H and O–H groups in total. The predicted molar refractivity (Wildman–Crippen MR) is 82.7 cm³/mol. The number of likely N-dealkylation sites (tertiary alicyclic amines) is 1. The Bertz CT molecular complexity index is 547. The van der Waals surface area contributed by atoms with E-state index in [0.29, 0.717) is 23.7 Å². The summed E-state index contributed by atoms with van der Waals surface area (Å²) in [5.41, 5.74) is 6.38. The molecule has 1 aliphatic heterocycles. The van der Waals surface area contributed by atoms with Crippen molar-refractivity contribution in [1.29, 1.82) is 0 Å². The first kappa shape index (κ1) is 15.5. The van der Waals surface area contributed by atoms with Crippen LogP contribution in [0, 0.1) is 17.8 Å². The Morgan fingerprint density at radius 3 is 3.19 bits per heavy atom. The molecule has 0 spiro atoms. The van der Waals surface area contributed by atoms with E-state index < -0.39 is 0 Å². The van der Waals surface area contributed by atoms with Crippen LogP contribution in [-0.4, -0.2) is 48.5 Å². The molecule has 1 aliphatic rings. The molecular weight excluding hydrogens is 264 g/mol. The first-order chi connectivity index (χ1) is 10.2. The van der Waals surface area contributed by atoms with Crippen LogP contribution in [0.3, 0.4) is 0 Å². The molecule has 1 aromatic heterocycles. The first-order valence-corrected chi connectivity index (χ1v) is 7.39. The highest BCUT2D eigenvalue weighted by atomic mass is 16.1. The van der Waals surface area contributed by atoms with E-state index in [1.807, 2.05) is 0 Å². The van der Waals surface area contributed by atoms with Gasteiger partial charge in [0.05, 0.1) is 12.1 Å². The van der Waals surface area contributed by atoms with E-state index in [9.17, 15) is 4.79 Å². The van der Waals surface area contributed by atoms with Crippen molar-refractivity contribution in [2.75, 3.05) is 32.7 Å². The molecule has 2 rings (SSSR count). The van der Waals surface area contributed by atoms with E-state index in [-0.39, 0.29) is 12.5 Å². The van der Waals surface area contributed by atoms with Crippen LogP contribution in [0.4, 0.5) is 0 Å². The number of nitrogens with two attached hydrogens (primary N) is 1. The molecule has 1 amide bonds. The molecule has 1 fully saturated rings. The minimum atomic E-state index is -0.160. The summed E-state index contributed by atoms with van der Waals surface area (Å²) in [5.74, 6) is 6.02. The molecule has 1 atom stereocenters. The average Bonchev–Trinajstić information content (AvgIpc) is 2.99. The van der Waals surface area contributed by atoms with Crippen LogP contribution in [0.5, 0.6) is 0 Å². The Balaban J connectivity index is 1.95. The van der Waals surface area contributed by atoms with Crippen LogP contribution in [0.25, 0.3) is 0 Å². The van der Waals surface area contributed by atoms with Crippen molar-refractivity contribution in [3.63, 3.8) is 0 Å². The minimum Gasteiger partial charge on any atom is -0.350 e. The number of carbonyl (C=O) groups excluding carboxylic acids is 1. The number of amides is 1. The topological polar surface area (TPSA) is 71.2 Å². The van der Waals surface area contributed by atoms with Gasteiger partial charge in [-0.05, 0) is 37.6 Å². The van der Waals surface area contributed by atoms with Gasteiger partial charge in [0, 0.05) is 19.3 Å². The van der Waals surface area contributed by atoms with Crippen molar-refractivity contribution in [3.05, 3.63) is 29.6 Å². The van der Waals surface area contributed by atoms with Crippen LogP contribution in [-0.2, 0) is 0 Å². The van der Waals surface area contributed by atoms with E-state index in [1.165, 1.54) is 0 Å². The third-order valence-corrected chi connectivity index (χ3v) is 3.72. The third-order valence-electron chi connectivity index (χ3n) is 3.72. The third kappa shape index (κ3) is 4.28. The second-order valence-electron chi connectivity index (χ2n) is 5.16. The number of aromatic nitrogens is 1. The Morgan fingerprint density at radius 1 is 1.62 bits per heavy atom. The number of rotatable bonds is 4. The van der Waals surface area contributed by atoms with Gasteiger partial charge >= 0.3 is 0 Å². The minimum absolute atomic E-state index is 0.160. The Morgan fingerprint density at radius 2 is 2.48 bits per heavy atom. The summed E-state index contributed by atoms with van der Waals surface area (Å²) in [6.45, 7) is 6.37. The molecule has 5 nitrogen and oxygen atoms in total. The van der Waals surface area contributed by atoms with E-state index >= 15 is 0 Å². The monoisotopic (exact) mass is 286 g/mol. The summed E-state index contributed by atoms with van der Waals surface area (Å²) in [4.78, 5) is 18.8. The summed E-state index contributed by atoms with van der Waals surface area (Å²) in [6.07, 6.45) is 2.74. The molecule has 0 aliphatic carbocycles. The average molecular weight is 286 g/mol. The van der Waals surface area contributed by atoms with Crippen LogP contribution in [0.15, 0.2) is 18.3 Å². The maximum atomic E-state index is 12.3. The van der Waals surface area contributed by atoms with Crippen molar-refractivity contribution < 1.29 is 4.79 Å². The summed E-state index contributed by atoms with van der Waals surface area (Å²) in [5, 5.41) is 2.98. The molecule has 1 aromatic rings. The van der Waals surface area contributed by atoms with Crippen LogP contribution >= 0.6 is 0 Å². The van der Waals surface area contributed by atoms with Crippen molar-refractivity contribution >= 4 is 5.91 Å². The summed E-state index contributed by atoms with van der Waals surface area (Å²) in [6, 6.07) is 3.56. The van der Waals surface area contributed by atoms with Gasteiger partial charge in [0.25, 0.3) is 5.91 Å². The van der Waals surface area contributed by atoms with E-state index in [1.54, 1.807) is 18.3 Å². The Kier molecular flexibility index (Phi) is 5.73. The van der Waals surface area contributed by atoms with Gasteiger partial charge in [-0.3, -0.25) is 4.79 Å². The number of hydrogen-bond donors (Lipinski definition) is 2. The lowest BCUT2D eigenvalue weighted by atomic mass is 10.1. The van der Waals surface area contributed by atoms with E-state index in [2.05, 4.69) is 34.0 Å². The number of nitrogens with zero attached hydrogens (tertiary/aromatic N) is 2. The molecule has 0 aromatic carbocycles. The highest BCUT2D eigenvalue weighted by Crippen LogP contribution is 2.14. The molecule has 1 saturated heterocycles. The second-order valence-corrected chi connectivity index (χ2v) is 5.16. The van der Waals surface area contributed by atoms with Crippen molar-refractivity contribution in [3.8, 4) is 11.8 Å². The largest absolute Gasteiger partial charge is 0.350 e. The van der Waals surface area contributed by atoms with Crippen molar-refractivity contribution in [2.45, 2.75) is 13.3 Å². The summed E-state index contributed by atoms with van der Waals surface area (Å²) < 4.78 is 0. The highest BCUT2D eigenvalue weighted by molar-refractivity contribution is 5.94. The molecule has 0 radical (unpaired) electrons. The number of pyridine rings is 1. The molecule has 21 heavy (non-hydrogen) atoms. The lowest BCUT2D eigenvalue weighted by molar-refractivity contribution is 0.0942. The molecule has 0 saturated carbocycles. The van der Waals surface area contributed by atoms with Crippen molar-refractivity contribution in [2.24, 2.45) is 11.7 Å². The van der Waals surface area contributed by atoms with E-state index in [4.69, 9.17) is 5.73 Å². The van der Waals surface area contributed by atoms with Crippen LogP contribution in [0.1, 0.15) is 29.4 Å². The predicted octanol–water partition coefficient (Wildman–Crippen LogP) is 0.463. The van der Waals surface area contributed by atoms with E-state index in [0.717, 1.165) is 26.1 Å². The number of nitrogens with one attached hydrogen (secondary N) is 1. The molecule has 5 heteroatoms. The zero-order valence-electron chi connectivity index (χ0n) is 12.4. The Hall–Kier alpha value is -1.90. The fourth-order valence-electron chi connectivity index (χ4n) is 2.52. The quantitative estimate of drug-likeness (QED) is 0.789. The van der Waals surface area contributed by atoms with Gasteiger partial charge in [0.2, 0.25) is 0 Å². The molecular formula is C16H22N4O. The van der Waals surface area contributed by atoms with Gasteiger partial charge in [-0.25, -0.2) is 4.98 Å². The van der Waals surface area contributed by atoms with Gasteiger partial charge in [0.15, 0.2) is 0 Å². The van der Waals surface area contributed by atoms with Gasteiger partial charge in [-0.1, -0.05) is 18.8 Å². The number of hydrogen-bond acceptors (Lipinski definition) is 4. The molecule has 112 valence electrons. The smallest absolute Gasteiger partial charge is 0.271 e. The highest BCUT2D eigenvalue weighted by Gasteiger charge is 2.22. The summed E-state index contributed by atoms with van der Waals surface area (Å²) >= 11 is 0. The summed E-state index contributed by atoms with van der Waals surface area (Å²) in [7, 11) is 0. The Labute approximate surface area is 125 Å². The van der Waals surface area contributed by atoms with Gasteiger partial charge in [0.1, 0.15) is 5.69 Å². The maximum Gasteiger partial charge on any atom is 0.271 e. The standard InChI is InChI=1S/C16H22N4O/c1-2-20-10-7-13(12-20)11-19-16(21)15-14(5-3-8-17)6-4-9-18-15/h4,6,9,13H,2,7-8,10-12,17H2,1H3,(H,19,21). The number of carbonyl (C=O) groups is 1. The van der Waals surface area contributed by atoms with Crippen LogP contribution < -0.4 is 11.1 Å². The maximum absolute atomic E-state index is 12.3. The second kappa shape index (κ2) is 7.77. The SMILES string of the molecule is CCN1CCC(CNC(=O)c2ncccc2C#CCN)C1. The lowest BCUT2D eigenvalue weighted by Crippen LogP contribution is -2.32. The zero-order valence-corrected chi connectivity index (χ0v) is 12.4.